The first kappa shape index (κ1) is 12.5. The van der Waals surface area contributed by atoms with Crippen molar-refractivity contribution >= 4 is 21.7 Å². The molecule has 0 saturated heterocycles. The summed E-state index contributed by atoms with van der Waals surface area (Å²) in [6.45, 7) is 8.56. The number of pyridine rings is 1. The van der Waals surface area contributed by atoms with Gasteiger partial charge in [0, 0.05) is 17.6 Å². The van der Waals surface area contributed by atoms with Crippen LogP contribution in [0.2, 0.25) is 0 Å². The molecule has 3 heteroatoms. The van der Waals surface area contributed by atoms with Crippen molar-refractivity contribution in [3.8, 4) is 0 Å². The third kappa shape index (κ3) is 3.49. The average Bonchev–Trinajstić information content (AvgIpc) is 2.20. The topological polar surface area (TPSA) is 24.9 Å². The van der Waals surface area contributed by atoms with Gasteiger partial charge in [-0.15, -0.1) is 0 Å². The van der Waals surface area contributed by atoms with Gasteiger partial charge in [-0.2, -0.15) is 0 Å². The van der Waals surface area contributed by atoms with Crippen LogP contribution in [0, 0.1) is 19.8 Å². The lowest BCUT2D eigenvalue weighted by atomic mass is 10.1. The van der Waals surface area contributed by atoms with Gasteiger partial charge < -0.3 is 5.32 Å². The summed E-state index contributed by atoms with van der Waals surface area (Å²) in [5.41, 5.74) is 2.42. The Balaban J connectivity index is 2.72. The molecule has 1 aromatic rings. The molecule has 1 heterocycles. The van der Waals surface area contributed by atoms with E-state index in [9.17, 15) is 0 Å². The second kappa shape index (κ2) is 5.50. The van der Waals surface area contributed by atoms with Crippen LogP contribution >= 0.6 is 15.9 Å². The van der Waals surface area contributed by atoms with Crippen molar-refractivity contribution in [2.45, 2.75) is 33.7 Å². The standard InChI is InChI=1S/C12H19BrN2/c1-8-5-9(2)12(14-7-8)15-11(4)10(3)6-13/h5,7,10-11H,6H2,1-4H3,(H,14,15). The lowest BCUT2D eigenvalue weighted by molar-refractivity contribution is 0.570. The summed E-state index contributed by atoms with van der Waals surface area (Å²) in [6, 6.07) is 2.58. The molecule has 0 fully saturated rings. The summed E-state index contributed by atoms with van der Waals surface area (Å²) >= 11 is 3.50. The smallest absolute Gasteiger partial charge is 0.129 e. The van der Waals surface area contributed by atoms with Crippen molar-refractivity contribution in [2.24, 2.45) is 5.92 Å². The number of aryl methyl sites for hydroxylation is 2. The maximum atomic E-state index is 4.41. The fourth-order valence-electron chi connectivity index (χ4n) is 1.36. The molecule has 0 radical (unpaired) electrons. The lowest BCUT2D eigenvalue weighted by Gasteiger charge is -2.21. The molecule has 0 aliphatic heterocycles. The SMILES string of the molecule is Cc1cnc(NC(C)C(C)CBr)c(C)c1. The Hall–Kier alpha value is -0.570. The van der Waals surface area contributed by atoms with Gasteiger partial charge in [0.15, 0.2) is 0 Å². The minimum absolute atomic E-state index is 0.429. The van der Waals surface area contributed by atoms with Gasteiger partial charge in [-0.1, -0.05) is 28.9 Å². The minimum Gasteiger partial charge on any atom is -0.367 e. The monoisotopic (exact) mass is 270 g/mol. The van der Waals surface area contributed by atoms with E-state index >= 15 is 0 Å². The highest BCUT2D eigenvalue weighted by molar-refractivity contribution is 9.09. The number of hydrogen-bond acceptors (Lipinski definition) is 2. The van der Waals surface area contributed by atoms with Crippen LogP contribution in [-0.2, 0) is 0 Å². The van der Waals surface area contributed by atoms with E-state index in [2.05, 4.69) is 60.0 Å². The van der Waals surface area contributed by atoms with Gasteiger partial charge in [-0.3, -0.25) is 0 Å². The molecule has 84 valence electrons. The van der Waals surface area contributed by atoms with E-state index in [0.29, 0.717) is 12.0 Å². The van der Waals surface area contributed by atoms with Crippen LogP contribution < -0.4 is 5.32 Å². The lowest BCUT2D eigenvalue weighted by Crippen LogP contribution is -2.25. The van der Waals surface area contributed by atoms with E-state index in [1.165, 1.54) is 11.1 Å². The van der Waals surface area contributed by atoms with Crippen LogP contribution in [0.1, 0.15) is 25.0 Å². The van der Waals surface area contributed by atoms with Crippen LogP contribution in [-0.4, -0.2) is 16.4 Å². The molecule has 0 aromatic carbocycles. The summed E-state index contributed by atoms with van der Waals surface area (Å²) in [5, 5.41) is 4.45. The number of aromatic nitrogens is 1. The fourth-order valence-corrected chi connectivity index (χ4v) is 1.92. The van der Waals surface area contributed by atoms with Crippen molar-refractivity contribution in [3.05, 3.63) is 23.4 Å². The maximum absolute atomic E-state index is 4.41. The predicted octanol–water partition coefficient (Wildman–Crippen LogP) is 3.53. The van der Waals surface area contributed by atoms with Crippen LogP contribution in [0.3, 0.4) is 0 Å². The Labute approximate surface area is 101 Å². The third-order valence-corrected chi connectivity index (χ3v) is 3.70. The van der Waals surface area contributed by atoms with Crippen molar-refractivity contribution in [2.75, 3.05) is 10.6 Å². The molecule has 0 aliphatic rings. The van der Waals surface area contributed by atoms with Gasteiger partial charge in [0.2, 0.25) is 0 Å². The molecule has 0 bridgehead atoms. The van der Waals surface area contributed by atoms with Gasteiger partial charge in [0.25, 0.3) is 0 Å². The summed E-state index contributed by atoms with van der Waals surface area (Å²) in [6.07, 6.45) is 1.90. The van der Waals surface area contributed by atoms with Crippen molar-refractivity contribution in [1.29, 1.82) is 0 Å². The van der Waals surface area contributed by atoms with Gasteiger partial charge in [0.1, 0.15) is 5.82 Å². The minimum atomic E-state index is 0.429. The zero-order chi connectivity index (χ0) is 11.4. The van der Waals surface area contributed by atoms with E-state index in [-0.39, 0.29) is 0 Å². The van der Waals surface area contributed by atoms with Gasteiger partial charge >= 0.3 is 0 Å². The molecular formula is C12H19BrN2. The van der Waals surface area contributed by atoms with Crippen LogP contribution in [0.15, 0.2) is 12.3 Å². The van der Waals surface area contributed by atoms with Crippen LogP contribution in [0.25, 0.3) is 0 Å². The summed E-state index contributed by atoms with van der Waals surface area (Å²) < 4.78 is 0. The van der Waals surface area contributed by atoms with Crippen LogP contribution in [0.5, 0.6) is 0 Å². The van der Waals surface area contributed by atoms with Gasteiger partial charge in [-0.25, -0.2) is 4.98 Å². The second-order valence-electron chi connectivity index (χ2n) is 4.24. The molecule has 0 saturated carbocycles. The van der Waals surface area contributed by atoms with E-state index in [1.54, 1.807) is 0 Å². The second-order valence-corrected chi connectivity index (χ2v) is 4.89. The molecule has 1 N–H and O–H groups in total. The Morgan fingerprint density at radius 3 is 2.60 bits per heavy atom. The summed E-state index contributed by atoms with van der Waals surface area (Å²) in [7, 11) is 0. The zero-order valence-electron chi connectivity index (χ0n) is 9.84. The molecule has 2 nitrogen and oxygen atoms in total. The number of nitrogens with zero attached hydrogens (tertiary/aromatic N) is 1. The number of anilines is 1. The third-order valence-electron chi connectivity index (χ3n) is 2.68. The molecule has 1 rings (SSSR count). The van der Waals surface area contributed by atoms with Crippen LogP contribution in [0.4, 0.5) is 5.82 Å². The molecule has 0 aliphatic carbocycles. The molecule has 1 aromatic heterocycles. The first-order chi connectivity index (χ1) is 7.04. The van der Waals surface area contributed by atoms with Gasteiger partial charge in [-0.05, 0) is 37.8 Å². The summed E-state index contributed by atoms with van der Waals surface area (Å²) in [4.78, 5) is 4.41. The number of alkyl halides is 1. The molecule has 15 heavy (non-hydrogen) atoms. The highest BCUT2D eigenvalue weighted by Crippen LogP contribution is 2.16. The van der Waals surface area contributed by atoms with E-state index in [4.69, 9.17) is 0 Å². The number of rotatable bonds is 4. The Morgan fingerprint density at radius 2 is 2.07 bits per heavy atom. The van der Waals surface area contributed by atoms with Crippen molar-refractivity contribution in [3.63, 3.8) is 0 Å². The quantitative estimate of drug-likeness (QED) is 0.847. The predicted molar refractivity (Wildman–Crippen MR) is 69.8 cm³/mol. The van der Waals surface area contributed by atoms with Gasteiger partial charge in [0.05, 0.1) is 0 Å². The molecule has 2 unspecified atom stereocenters. The number of halogens is 1. The highest BCUT2D eigenvalue weighted by atomic mass is 79.9. The molecular weight excluding hydrogens is 252 g/mol. The van der Waals surface area contributed by atoms with E-state index < -0.39 is 0 Å². The first-order valence-corrected chi connectivity index (χ1v) is 6.42. The number of hydrogen-bond donors (Lipinski definition) is 1. The fraction of sp³-hybridized carbons (Fsp3) is 0.583. The summed E-state index contributed by atoms with van der Waals surface area (Å²) in [5.74, 6) is 1.59. The first-order valence-electron chi connectivity index (χ1n) is 5.30. The molecule has 2 atom stereocenters. The van der Waals surface area contributed by atoms with Crippen molar-refractivity contribution in [1.82, 2.24) is 4.98 Å². The molecule has 0 spiro atoms. The largest absolute Gasteiger partial charge is 0.367 e. The van der Waals surface area contributed by atoms with Crippen molar-refractivity contribution < 1.29 is 0 Å². The van der Waals surface area contributed by atoms with E-state index in [0.717, 1.165) is 11.1 Å². The Morgan fingerprint density at radius 1 is 1.40 bits per heavy atom. The molecule has 0 amide bonds. The highest BCUT2D eigenvalue weighted by Gasteiger charge is 2.11. The normalized spacial score (nSPS) is 14.7. The van der Waals surface area contributed by atoms with E-state index in [1.807, 2.05) is 6.20 Å². The Kier molecular flexibility index (Phi) is 4.58. The zero-order valence-corrected chi connectivity index (χ0v) is 11.4. The Bertz CT molecular complexity index is 325. The average molecular weight is 271 g/mol. The maximum Gasteiger partial charge on any atom is 0.129 e. The number of nitrogens with one attached hydrogen (secondary N) is 1.